The summed E-state index contributed by atoms with van der Waals surface area (Å²) < 4.78 is 5.64. The highest BCUT2D eigenvalue weighted by molar-refractivity contribution is 6.71. The molecule has 0 aliphatic rings. The second-order valence-corrected chi connectivity index (χ2v) is 7.49. The van der Waals surface area contributed by atoms with Crippen molar-refractivity contribution in [2.24, 2.45) is 5.73 Å². The van der Waals surface area contributed by atoms with Crippen molar-refractivity contribution in [3.8, 4) is 0 Å². The highest BCUT2D eigenvalue weighted by atomic mass is 28.4. The van der Waals surface area contributed by atoms with Gasteiger partial charge in [0, 0.05) is 19.3 Å². The predicted octanol–water partition coefficient (Wildman–Crippen LogP) is 0.482. The number of nitrogens with one attached hydrogen (secondary N) is 1. The van der Waals surface area contributed by atoms with Crippen LogP contribution in [0.5, 0.6) is 0 Å². The summed E-state index contributed by atoms with van der Waals surface area (Å²) in [5.41, 5.74) is 5.35. The van der Waals surface area contributed by atoms with Gasteiger partial charge in [0.2, 0.25) is 8.32 Å². The van der Waals surface area contributed by atoms with Gasteiger partial charge in [-0.1, -0.05) is 6.08 Å². The molecule has 0 saturated carbocycles. The van der Waals surface area contributed by atoms with Crippen molar-refractivity contribution in [2.75, 3.05) is 25.9 Å². The fourth-order valence-electron chi connectivity index (χ4n) is 0.827. The molecule has 72 valence electrons. The van der Waals surface area contributed by atoms with Crippen molar-refractivity contribution in [2.45, 2.75) is 13.1 Å². The summed E-state index contributed by atoms with van der Waals surface area (Å²) in [5.74, 6) is 0. The zero-order chi connectivity index (χ0) is 9.45. The highest BCUT2D eigenvalue weighted by Crippen LogP contribution is 2.01. The topological polar surface area (TPSA) is 47.3 Å². The molecular weight excluding hydrogens is 168 g/mol. The predicted molar refractivity (Wildman–Crippen MR) is 55.6 cm³/mol. The van der Waals surface area contributed by atoms with Crippen LogP contribution in [0.2, 0.25) is 13.1 Å². The SMILES string of the molecule is C=CCO[Si](C)(C)CNCCN. The van der Waals surface area contributed by atoms with Crippen LogP contribution in [-0.2, 0) is 4.43 Å². The lowest BCUT2D eigenvalue weighted by molar-refractivity contribution is 0.349. The molecule has 3 N–H and O–H groups in total. The molecule has 0 aliphatic carbocycles. The van der Waals surface area contributed by atoms with E-state index in [4.69, 9.17) is 10.2 Å². The number of hydrogen-bond donors (Lipinski definition) is 2. The van der Waals surface area contributed by atoms with Gasteiger partial charge >= 0.3 is 0 Å². The van der Waals surface area contributed by atoms with E-state index in [1.54, 1.807) is 6.08 Å². The Labute approximate surface area is 76.1 Å². The van der Waals surface area contributed by atoms with E-state index in [1.165, 1.54) is 0 Å². The molecule has 0 rings (SSSR count). The van der Waals surface area contributed by atoms with Crippen molar-refractivity contribution in [1.29, 1.82) is 0 Å². The maximum atomic E-state index is 5.64. The second-order valence-electron chi connectivity index (χ2n) is 3.32. The minimum absolute atomic E-state index is 0.656. The molecule has 0 aliphatic heterocycles. The van der Waals surface area contributed by atoms with E-state index >= 15 is 0 Å². The maximum Gasteiger partial charge on any atom is 0.200 e. The van der Waals surface area contributed by atoms with E-state index in [1.807, 2.05) is 0 Å². The van der Waals surface area contributed by atoms with Crippen molar-refractivity contribution < 1.29 is 4.43 Å². The third-order valence-corrected chi connectivity index (χ3v) is 3.51. The fourth-order valence-corrected chi connectivity index (χ4v) is 2.28. The van der Waals surface area contributed by atoms with Gasteiger partial charge in [0.05, 0.1) is 6.61 Å². The van der Waals surface area contributed by atoms with Gasteiger partial charge in [-0.15, -0.1) is 6.58 Å². The third kappa shape index (κ3) is 6.54. The summed E-state index contributed by atoms with van der Waals surface area (Å²) in [6.45, 7) is 10.2. The molecule has 0 saturated heterocycles. The standard InChI is InChI=1S/C8H20N2OSi/c1-4-7-11-12(2,3)8-10-6-5-9/h4,10H,1,5-9H2,2-3H3. The van der Waals surface area contributed by atoms with Crippen LogP contribution in [0.1, 0.15) is 0 Å². The van der Waals surface area contributed by atoms with E-state index in [-0.39, 0.29) is 0 Å². The Morgan fingerprint density at radius 3 is 2.75 bits per heavy atom. The molecule has 0 atom stereocenters. The van der Waals surface area contributed by atoms with E-state index in [9.17, 15) is 0 Å². The zero-order valence-electron chi connectivity index (χ0n) is 8.10. The van der Waals surface area contributed by atoms with Crippen LogP contribution in [-0.4, -0.2) is 34.2 Å². The van der Waals surface area contributed by atoms with Crippen molar-refractivity contribution >= 4 is 8.32 Å². The maximum absolute atomic E-state index is 5.64. The first-order valence-electron chi connectivity index (χ1n) is 4.28. The molecule has 0 amide bonds. The largest absolute Gasteiger partial charge is 0.412 e. The fraction of sp³-hybridized carbons (Fsp3) is 0.750. The van der Waals surface area contributed by atoms with E-state index in [0.717, 1.165) is 12.7 Å². The molecule has 3 nitrogen and oxygen atoms in total. The smallest absolute Gasteiger partial charge is 0.200 e. The number of nitrogens with two attached hydrogens (primary N) is 1. The minimum atomic E-state index is -1.50. The van der Waals surface area contributed by atoms with Crippen LogP contribution in [0.3, 0.4) is 0 Å². The normalized spacial score (nSPS) is 11.6. The van der Waals surface area contributed by atoms with Crippen LogP contribution < -0.4 is 11.1 Å². The molecule has 0 aromatic rings. The molecule has 0 bridgehead atoms. The number of hydrogen-bond acceptors (Lipinski definition) is 3. The summed E-state index contributed by atoms with van der Waals surface area (Å²) in [6, 6.07) is 0. The van der Waals surface area contributed by atoms with E-state index in [0.29, 0.717) is 13.2 Å². The van der Waals surface area contributed by atoms with Crippen LogP contribution in [0, 0.1) is 0 Å². The highest BCUT2D eigenvalue weighted by Gasteiger charge is 2.20. The van der Waals surface area contributed by atoms with Gasteiger partial charge in [-0.2, -0.15) is 0 Å². The van der Waals surface area contributed by atoms with E-state index < -0.39 is 8.32 Å². The lowest BCUT2D eigenvalue weighted by Crippen LogP contribution is -2.44. The van der Waals surface area contributed by atoms with Crippen molar-refractivity contribution in [3.05, 3.63) is 12.7 Å². The Morgan fingerprint density at radius 2 is 2.25 bits per heavy atom. The van der Waals surface area contributed by atoms with Crippen molar-refractivity contribution in [1.82, 2.24) is 5.32 Å². The lowest BCUT2D eigenvalue weighted by Gasteiger charge is -2.22. The molecular formula is C8H20N2OSi. The minimum Gasteiger partial charge on any atom is -0.412 e. The van der Waals surface area contributed by atoms with Gasteiger partial charge < -0.3 is 15.5 Å². The zero-order valence-corrected chi connectivity index (χ0v) is 9.10. The molecule has 0 heterocycles. The average Bonchev–Trinajstić information content (AvgIpc) is 2.01. The molecule has 0 spiro atoms. The van der Waals surface area contributed by atoms with Gasteiger partial charge in [0.15, 0.2) is 0 Å². The van der Waals surface area contributed by atoms with Gasteiger partial charge in [-0.3, -0.25) is 0 Å². The van der Waals surface area contributed by atoms with Crippen LogP contribution >= 0.6 is 0 Å². The Kier molecular flexibility index (Phi) is 6.28. The first-order chi connectivity index (χ1) is 5.62. The molecule has 0 aromatic carbocycles. The van der Waals surface area contributed by atoms with E-state index in [2.05, 4.69) is 25.0 Å². The van der Waals surface area contributed by atoms with Crippen LogP contribution in [0.15, 0.2) is 12.7 Å². The summed E-state index contributed by atoms with van der Waals surface area (Å²) in [7, 11) is -1.50. The molecule has 0 unspecified atom stereocenters. The van der Waals surface area contributed by atoms with Gasteiger partial charge in [-0.05, 0) is 13.1 Å². The quantitative estimate of drug-likeness (QED) is 0.347. The summed E-state index contributed by atoms with van der Waals surface area (Å²) >= 11 is 0. The summed E-state index contributed by atoms with van der Waals surface area (Å²) in [4.78, 5) is 0. The molecule has 0 aromatic heterocycles. The molecule has 0 fully saturated rings. The first-order valence-corrected chi connectivity index (χ1v) is 7.39. The second kappa shape index (κ2) is 6.36. The van der Waals surface area contributed by atoms with Crippen LogP contribution in [0.25, 0.3) is 0 Å². The Morgan fingerprint density at radius 1 is 1.58 bits per heavy atom. The number of rotatable bonds is 7. The summed E-state index contributed by atoms with van der Waals surface area (Å²) in [6.07, 6.45) is 2.75. The Bertz CT molecular complexity index is 128. The average molecular weight is 188 g/mol. The van der Waals surface area contributed by atoms with Gasteiger partial charge in [0.25, 0.3) is 0 Å². The van der Waals surface area contributed by atoms with Crippen molar-refractivity contribution in [3.63, 3.8) is 0 Å². The molecule has 4 heteroatoms. The van der Waals surface area contributed by atoms with Gasteiger partial charge in [0.1, 0.15) is 0 Å². The monoisotopic (exact) mass is 188 g/mol. The van der Waals surface area contributed by atoms with Crippen LogP contribution in [0.4, 0.5) is 0 Å². The van der Waals surface area contributed by atoms with Gasteiger partial charge in [-0.25, -0.2) is 0 Å². The third-order valence-electron chi connectivity index (χ3n) is 1.46. The Balaban J connectivity index is 3.48. The Hall–Kier alpha value is -0.163. The first kappa shape index (κ1) is 11.8. The summed E-state index contributed by atoms with van der Waals surface area (Å²) in [5, 5.41) is 3.26. The lowest BCUT2D eigenvalue weighted by atomic mass is 10.7. The molecule has 0 radical (unpaired) electrons. The molecule has 12 heavy (non-hydrogen) atoms.